The van der Waals surface area contributed by atoms with Crippen LogP contribution in [0.5, 0.6) is 17.4 Å². The zero-order valence-electron chi connectivity index (χ0n) is 12.5. The van der Waals surface area contributed by atoms with Crippen molar-refractivity contribution >= 4 is 0 Å². The van der Waals surface area contributed by atoms with Crippen molar-refractivity contribution in [2.45, 2.75) is 20.0 Å². The molecule has 1 aliphatic rings. The van der Waals surface area contributed by atoms with E-state index in [2.05, 4.69) is 10.4 Å². The lowest BCUT2D eigenvalue weighted by Gasteiger charge is -2.09. The SMILES string of the molecule is COc1c(CNCc2cccc3c2OCO3)c(C)nn1C. The average molecular weight is 289 g/mol. The van der Waals surface area contributed by atoms with Crippen molar-refractivity contribution in [3.63, 3.8) is 0 Å². The summed E-state index contributed by atoms with van der Waals surface area (Å²) in [5.41, 5.74) is 3.13. The summed E-state index contributed by atoms with van der Waals surface area (Å²) in [7, 11) is 3.54. The predicted octanol–water partition coefficient (Wildman–Crippen LogP) is 1.76. The van der Waals surface area contributed by atoms with Gasteiger partial charge in [-0.25, -0.2) is 4.68 Å². The lowest BCUT2D eigenvalue weighted by molar-refractivity contribution is 0.173. The second kappa shape index (κ2) is 5.65. The molecule has 1 N–H and O–H groups in total. The summed E-state index contributed by atoms with van der Waals surface area (Å²) >= 11 is 0. The Bertz CT molecular complexity index is 652. The van der Waals surface area contributed by atoms with Crippen molar-refractivity contribution < 1.29 is 14.2 Å². The van der Waals surface area contributed by atoms with E-state index in [1.165, 1.54) is 0 Å². The van der Waals surface area contributed by atoms with Crippen LogP contribution >= 0.6 is 0 Å². The van der Waals surface area contributed by atoms with Crippen molar-refractivity contribution in [1.82, 2.24) is 15.1 Å². The van der Waals surface area contributed by atoms with Crippen LogP contribution in [0.25, 0.3) is 0 Å². The number of fused-ring (bicyclic) bond motifs is 1. The Morgan fingerprint density at radius 3 is 3.00 bits per heavy atom. The average Bonchev–Trinajstić information content (AvgIpc) is 3.04. The lowest BCUT2D eigenvalue weighted by Crippen LogP contribution is -2.14. The number of hydrogen-bond acceptors (Lipinski definition) is 5. The van der Waals surface area contributed by atoms with Gasteiger partial charge in [-0.15, -0.1) is 0 Å². The fourth-order valence-corrected chi connectivity index (χ4v) is 2.59. The van der Waals surface area contributed by atoms with E-state index >= 15 is 0 Å². The van der Waals surface area contributed by atoms with Crippen LogP contribution in [0.3, 0.4) is 0 Å². The summed E-state index contributed by atoms with van der Waals surface area (Å²) in [6, 6.07) is 5.93. The summed E-state index contributed by atoms with van der Waals surface area (Å²) in [6.07, 6.45) is 0. The smallest absolute Gasteiger partial charge is 0.231 e. The van der Waals surface area contributed by atoms with Crippen LogP contribution < -0.4 is 19.5 Å². The summed E-state index contributed by atoms with van der Waals surface area (Å²) < 4.78 is 18.0. The van der Waals surface area contributed by atoms with Crippen molar-refractivity contribution in [2.24, 2.45) is 7.05 Å². The monoisotopic (exact) mass is 289 g/mol. The molecule has 0 fully saturated rings. The Morgan fingerprint density at radius 2 is 2.19 bits per heavy atom. The topological polar surface area (TPSA) is 57.5 Å². The van der Waals surface area contributed by atoms with Gasteiger partial charge in [0.15, 0.2) is 11.5 Å². The second-order valence-electron chi connectivity index (χ2n) is 4.95. The molecule has 1 aromatic heterocycles. The Kier molecular flexibility index (Phi) is 3.70. The van der Waals surface area contributed by atoms with Crippen molar-refractivity contribution in [3.8, 4) is 17.4 Å². The van der Waals surface area contributed by atoms with E-state index in [1.54, 1.807) is 11.8 Å². The Labute approximate surface area is 123 Å². The normalized spacial score (nSPS) is 12.7. The van der Waals surface area contributed by atoms with Gasteiger partial charge in [-0.05, 0) is 13.0 Å². The Hall–Kier alpha value is -2.21. The summed E-state index contributed by atoms with van der Waals surface area (Å²) in [5, 5.41) is 7.78. The fourth-order valence-electron chi connectivity index (χ4n) is 2.59. The molecule has 0 saturated heterocycles. The maximum atomic E-state index is 5.50. The number of hydrogen-bond donors (Lipinski definition) is 1. The third-order valence-corrected chi connectivity index (χ3v) is 3.58. The van der Waals surface area contributed by atoms with Gasteiger partial charge in [-0.3, -0.25) is 0 Å². The molecule has 1 aliphatic heterocycles. The van der Waals surface area contributed by atoms with Crippen LogP contribution in [0.4, 0.5) is 0 Å². The molecule has 6 nitrogen and oxygen atoms in total. The molecule has 0 bridgehead atoms. The zero-order chi connectivity index (χ0) is 14.8. The van der Waals surface area contributed by atoms with Gasteiger partial charge in [0, 0.05) is 25.7 Å². The molecule has 0 aliphatic carbocycles. The number of aryl methyl sites for hydroxylation is 2. The number of aromatic nitrogens is 2. The maximum absolute atomic E-state index is 5.50. The van der Waals surface area contributed by atoms with Crippen molar-refractivity contribution in [3.05, 3.63) is 35.0 Å². The largest absolute Gasteiger partial charge is 0.481 e. The molecule has 0 amide bonds. The molecule has 0 atom stereocenters. The van der Waals surface area contributed by atoms with Gasteiger partial charge < -0.3 is 19.5 Å². The number of benzene rings is 1. The van der Waals surface area contributed by atoms with E-state index in [-0.39, 0.29) is 0 Å². The minimum Gasteiger partial charge on any atom is -0.481 e. The molecule has 6 heteroatoms. The van der Waals surface area contributed by atoms with E-state index in [0.717, 1.165) is 34.2 Å². The van der Waals surface area contributed by atoms with Crippen LogP contribution in [0.15, 0.2) is 18.2 Å². The van der Waals surface area contributed by atoms with E-state index in [9.17, 15) is 0 Å². The number of ether oxygens (including phenoxy) is 3. The molecule has 21 heavy (non-hydrogen) atoms. The first-order chi connectivity index (χ1) is 10.2. The molecule has 2 aromatic rings. The first-order valence-electron chi connectivity index (χ1n) is 6.85. The quantitative estimate of drug-likeness (QED) is 0.909. The molecule has 0 spiro atoms. The van der Waals surface area contributed by atoms with E-state index in [0.29, 0.717) is 19.9 Å². The van der Waals surface area contributed by atoms with E-state index < -0.39 is 0 Å². The number of nitrogens with one attached hydrogen (secondary N) is 1. The van der Waals surface area contributed by atoms with Gasteiger partial charge in [0.05, 0.1) is 18.4 Å². The highest BCUT2D eigenvalue weighted by molar-refractivity contribution is 5.48. The Morgan fingerprint density at radius 1 is 1.33 bits per heavy atom. The van der Waals surface area contributed by atoms with Gasteiger partial charge in [-0.2, -0.15) is 5.10 Å². The zero-order valence-corrected chi connectivity index (χ0v) is 12.5. The molecular formula is C15H19N3O3. The molecule has 2 heterocycles. The lowest BCUT2D eigenvalue weighted by atomic mass is 10.1. The van der Waals surface area contributed by atoms with Gasteiger partial charge in [0.1, 0.15) is 0 Å². The highest BCUT2D eigenvalue weighted by atomic mass is 16.7. The molecule has 112 valence electrons. The number of nitrogens with zero attached hydrogens (tertiary/aromatic N) is 2. The summed E-state index contributed by atoms with van der Waals surface area (Å²) in [4.78, 5) is 0. The first kappa shape index (κ1) is 13.8. The minimum atomic E-state index is 0.294. The van der Waals surface area contributed by atoms with Gasteiger partial charge in [-0.1, -0.05) is 12.1 Å². The van der Waals surface area contributed by atoms with Crippen LogP contribution in [0, 0.1) is 6.92 Å². The van der Waals surface area contributed by atoms with Gasteiger partial charge >= 0.3 is 0 Å². The van der Waals surface area contributed by atoms with Crippen molar-refractivity contribution in [2.75, 3.05) is 13.9 Å². The fraction of sp³-hybridized carbons (Fsp3) is 0.400. The molecule has 0 unspecified atom stereocenters. The Balaban J connectivity index is 1.69. The molecule has 3 rings (SSSR count). The van der Waals surface area contributed by atoms with E-state index in [4.69, 9.17) is 14.2 Å². The van der Waals surface area contributed by atoms with Crippen LogP contribution in [0.2, 0.25) is 0 Å². The third kappa shape index (κ3) is 2.54. The summed E-state index contributed by atoms with van der Waals surface area (Å²) in [6.45, 7) is 3.66. The van der Waals surface area contributed by atoms with E-state index in [1.807, 2.05) is 32.2 Å². The molecular weight excluding hydrogens is 270 g/mol. The van der Waals surface area contributed by atoms with Crippen LogP contribution in [-0.2, 0) is 20.1 Å². The van der Waals surface area contributed by atoms with Gasteiger partial charge in [0.2, 0.25) is 12.7 Å². The molecule has 0 saturated carbocycles. The maximum Gasteiger partial charge on any atom is 0.231 e. The molecule has 1 aromatic carbocycles. The molecule has 0 radical (unpaired) electrons. The van der Waals surface area contributed by atoms with Gasteiger partial charge in [0.25, 0.3) is 0 Å². The van der Waals surface area contributed by atoms with Crippen LogP contribution in [-0.4, -0.2) is 23.7 Å². The van der Waals surface area contributed by atoms with Crippen LogP contribution in [0.1, 0.15) is 16.8 Å². The highest BCUT2D eigenvalue weighted by Gasteiger charge is 2.17. The summed E-state index contributed by atoms with van der Waals surface area (Å²) in [5.74, 6) is 2.43. The first-order valence-corrected chi connectivity index (χ1v) is 6.85. The standard InChI is InChI=1S/C15H19N3O3/c1-10-12(15(19-3)18(2)17-10)8-16-7-11-5-4-6-13-14(11)21-9-20-13/h4-6,16H,7-9H2,1-3H3. The number of methoxy groups -OCH3 is 1. The highest BCUT2D eigenvalue weighted by Crippen LogP contribution is 2.35. The number of rotatable bonds is 5. The second-order valence-corrected chi connectivity index (χ2v) is 4.95. The predicted molar refractivity (Wildman–Crippen MR) is 77.6 cm³/mol. The number of para-hydroxylation sites is 1. The minimum absolute atomic E-state index is 0.294. The van der Waals surface area contributed by atoms with Crippen molar-refractivity contribution in [1.29, 1.82) is 0 Å². The third-order valence-electron chi connectivity index (χ3n) is 3.58.